The molecule has 9 heteroatoms. The number of nitrogens with zero attached hydrogens (tertiary/aromatic N) is 5. The SMILES string of the molecule is CC(C)(O)COc1cc(-c2ccc(N3CC4COCC(C3)N4)nc2)c2c(C#N)cnn2c1. The molecule has 5 heterocycles. The van der Waals surface area contributed by atoms with Crippen LogP contribution in [0.15, 0.2) is 36.8 Å². The van der Waals surface area contributed by atoms with Gasteiger partial charge in [-0.1, -0.05) is 0 Å². The number of hydrogen-bond acceptors (Lipinski definition) is 8. The Bertz CT molecular complexity index is 1150. The van der Waals surface area contributed by atoms with Gasteiger partial charge in [0.1, 0.15) is 24.2 Å². The highest BCUT2D eigenvalue weighted by Crippen LogP contribution is 2.32. The molecule has 2 bridgehead atoms. The van der Waals surface area contributed by atoms with E-state index in [1.54, 1.807) is 30.8 Å². The molecule has 2 unspecified atom stereocenters. The van der Waals surface area contributed by atoms with E-state index in [0.717, 1.165) is 43.2 Å². The molecule has 3 aromatic rings. The molecule has 9 nitrogen and oxygen atoms in total. The molecule has 0 radical (unpaired) electrons. The third-order valence-electron chi connectivity index (χ3n) is 5.67. The standard InChI is InChI=1S/C23H26N6O3/c1-23(2,30)14-32-19-5-20(22-16(6-24)8-26-29(22)11-19)15-3-4-21(25-7-15)28-9-17-12-31-13-18(10-28)27-17/h3-5,7-8,11,17-18,27,30H,9-10,12-14H2,1-2H3. The van der Waals surface area contributed by atoms with Gasteiger partial charge in [0.15, 0.2) is 0 Å². The molecule has 2 saturated heterocycles. The Morgan fingerprint density at radius 3 is 2.72 bits per heavy atom. The largest absolute Gasteiger partial charge is 0.489 e. The summed E-state index contributed by atoms with van der Waals surface area (Å²) in [6, 6.07) is 8.74. The summed E-state index contributed by atoms with van der Waals surface area (Å²) >= 11 is 0. The number of rotatable bonds is 5. The van der Waals surface area contributed by atoms with Crippen molar-refractivity contribution in [2.75, 3.05) is 37.8 Å². The summed E-state index contributed by atoms with van der Waals surface area (Å²) in [7, 11) is 0. The van der Waals surface area contributed by atoms with E-state index in [0.29, 0.717) is 28.9 Å². The molecule has 3 aromatic heterocycles. The molecular weight excluding hydrogens is 408 g/mol. The van der Waals surface area contributed by atoms with E-state index in [9.17, 15) is 10.4 Å². The van der Waals surface area contributed by atoms with Crippen molar-refractivity contribution in [3.8, 4) is 22.9 Å². The zero-order valence-electron chi connectivity index (χ0n) is 18.2. The molecule has 0 amide bonds. The highest BCUT2D eigenvalue weighted by Gasteiger charge is 2.31. The molecule has 0 aliphatic carbocycles. The molecule has 0 spiro atoms. The van der Waals surface area contributed by atoms with Crippen LogP contribution >= 0.6 is 0 Å². The lowest BCUT2D eigenvalue weighted by atomic mass is 10.0. The van der Waals surface area contributed by atoms with Crippen molar-refractivity contribution in [1.29, 1.82) is 5.26 Å². The van der Waals surface area contributed by atoms with Gasteiger partial charge in [0.25, 0.3) is 0 Å². The lowest BCUT2D eigenvalue weighted by molar-refractivity contribution is 0.0283. The van der Waals surface area contributed by atoms with Crippen LogP contribution in [0.5, 0.6) is 5.75 Å². The minimum absolute atomic E-state index is 0.135. The molecule has 0 saturated carbocycles. The summed E-state index contributed by atoms with van der Waals surface area (Å²) in [4.78, 5) is 7.02. The number of aromatic nitrogens is 3. The maximum Gasteiger partial charge on any atom is 0.138 e. The van der Waals surface area contributed by atoms with E-state index in [1.807, 2.05) is 24.4 Å². The molecule has 2 N–H and O–H groups in total. The Morgan fingerprint density at radius 2 is 2.06 bits per heavy atom. The minimum atomic E-state index is -0.965. The van der Waals surface area contributed by atoms with Gasteiger partial charge in [0, 0.05) is 42.5 Å². The number of morpholine rings is 1. The third-order valence-corrected chi connectivity index (χ3v) is 5.67. The fourth-order valence-corrected chi connectivity index (χ4v) is 4.26. The highest BCUT2D eigenvalue weighted by molar-refractivity contribution is 5.85. The Morgan fingerprint density at radius 1 is 1.28 bits per heavy atom. The minimum Gasteiger partial charge on any atom is -0.489 e. The van der Waals surface area contributed by atoms with Gasteiger partial charge in [-0.2, -0.15) is 10.4 Å². The number of ether oxygens (including phenoxy) is 2. The second-order valence-electron chi connectivity index (χ2n) is 9.06. The van der Waals surface area contributed by atoms with E-state index in [1.165, 1.54) is 0 Å². The second kappa shape index (κ2) is 8.06. The Balaban J connectivity index is 1.47. The van der Waals surface area contributed by atoms with Crippen molar-refractivity contribution in [1.82, 2.24) is 19.9 Å². The summed E-state index contributed by atoms with van der Waals surface area (Å²) in [6.45, 7) is 6.66. The van der Waals surface area contributed by atoms with Crippen LogP contribution in [0.3, 0.4) is 0 Å². The van der Waals surface area contributed by atoms with Crippen LogP contribution in [0.1, 0.15) is 19.4 Å². The summed E-state index contributed by atoms with van der Waals surface area (Å²) in [5.74, 6) is 1.48. The van der Waals surface area contributed by atoms with Crippen LogP contribution in [0.25, 0.3) is 16.6 Å². The van der Waals surface area contributed by atoms with Gasteiger partial charge >= 0.3 is 0 Å². The van der Waals surface area contributed by atoms with Crippen LogP contribution < -0.4 is 15.0 Å². The number of pyridine rings is 2. The van der Waals surface area contributed by atoms with Crippen molar-refractivity contribution in [3.63, 3.8) is 0 Å². The zero-order chi connectivity index (χ0) is 22.3. The van der Waals surface area contributed by atoms with Gasteiger partial charge in [-0.3, -0.25) is 0 Å². The first-order chi connectivity index (χ1) is 15.4. The molecule has 5 rings (SSSR count). The highest BCUT2D eigenvalue weighted by atomic mass is 16.5. The summed E-state index contributed by atoms with van der Waals surface area (Å²) < 4.78 is 13.1. The number of nitrogens with one attached hydrogen (secondary N) is 1. The predicted molar refractivity (Wildman–Crippen MR) is 119 cm³/mol. The predicted octanol–water partition coefficient (Wildman–Crippen LogP) is 1.59. The molecule has 0 aromatic carbocycles. The topological polar surface area (TPSA) is 108 Å². The zero-order valence-corrected chi connectivity index (χ0v) is 18.2. The van der Waals surface area contributed by atoms with E-state index in [2.05, 4.69) is 21.4 Å². The molecule has 166 valence electrons. The normalized spacial score (nSPS) is 20.9. The van der Waals surface area contributed by atoms with Crippen molar-refractivity contribution < 1.29 is 14.6 Å². The van der Waals surface area contributed by atoms with Gasteiger partial charge in [-0.05, 0) is 32.0 Å². The Labute approximate surface area is 186 Å². The van der Waals surface area contributed by atoms with Crippen LogP contribution in [0.2, 0.25) is 0 Å². The smallest absolute Gasteiger partial charge is 0.138 e. The Kier molecular flexibility index (Phi) is 5.21. The van der Waals surface area contributed by atoms with Gasteiger partial charge in [0.2, 0.25) is 0 Å². The fraction of sp³-hybridized carbons (Fsp3) is 0.435. The van der Waals surface area contributed by atoms with Crippen molar-refractivity contribution in [2.24, 2.45) is 0 Å². The average Bonchev–Trinajstić information content (AvgIpc) is 3.20. The quantitative estimate of drug-likeness (QED) is 0.623. The molecule has 2 fully saturated rings. The average molecular weight is 435 g/mol. The fourth-order valence-electron chi connectivity index (χ4n) is 4.26. The lowest BCUT2D eigenvalue weighted by Gasteiger charge is -2.42. The molecule has 2 atom stereocenters. The van der Waals surface area contributed by atoms with Crippen molar-refractivity contribution in [3.05, 3.63) is 42.4 Å². The van der Waals surface area contributed by atoms with Gasteiger partial charge in [-0.15, -0.1) is 0 Å². The summed E-state index contributed by atoms with van der Waals surface area (Å²) in [5.41, 5.74) is 1.88. The van der Waals surface area contributed by atoms with Crippen LogP contribution in [-0.4, -0.2) is 70.3 Å². The number of fused-ring (bicyclic) bond motifs is 3. The van der Waals surface area contributed by atoms with Crippen molar-refractivity contribution >= 4 is 11.3 Å². The van der Waals surface area contributed by atoms with E-state index in [-0.39, 0.29) is 6.61 Å². The second-order valence-corrected chi connectivity index (χ2v) is 9.06. The lowest BCUT2D eigenvalue weighted by Crippen LogP contribution is -2.63. The Hall–Kier alpha value is -3.19. The summed E-state index contributed by atoms with van der Waals surface area (Å²) in [5, 5.41) is 27.5. The van der Waals surface area contributed by atoms with Gasteiger partial charge in [-0.25, -0.2) is 9.50 Å². The molecule has 32 heavy (non-hydrogen) atoms. The van der Waals surface area contributed by atoms with E-state index in [4.69, 9.17) is 14.5 Å². The monoisotopic (exact) mass is 434 g/mol. The van der Waals surface area contributed by atoms with Gasteiger partial charge in [0.05, 0.1) is 42.3 Å². The van der Waals surface area contributed by atoms with Crippen LogP contribution in [-0.2, 0) is 4.74 Å². The van der Waals surface area contributed by atoms with Crippen LogP contribution in [0, 0.1) is 11.3 Å². The number of piperazine rings is 1. The van der Waals surface area contributed by atoms with Crippen molar-refractivity contribution in [2.45, 2.75) is 31.5 Å². The maximum absolute atomic E-state index is 10.0. The molecule has 2 aliphatic heterocycles. The molecular formula is C23H26N6O3. The first-order valence-corrected chi connectivity index (χ1v) is 10.7. The first kappa shape index (κ1) is 20.7. The number of nitriles is 1. The summed E-state index contributed by atoms with van der Waals surface area (Å²) in [6.07, 6.45) is 5.09. The van der Waals surface area contributed by atoms with E-state index < -0.39 is 5.60 Å². The third kappa shape index (κ3) is 4.12. The van der Waals surface area contributed by atoms with E-state index >= 15 is 0 Å². The maximum atomic E-state index is 10.0. The van der Waals surface area contributed by atoms with Gasteiger partial charge < -0.3 is 24.8 Å². The first-order valence-electron chi connectivity index (χ1n) is 10.7. The number of hydrogen-bond donors (Lipinski definition) is 2. The molecule has 2 aliphatic rings. The van der Waals surface area contributed by atoms with Crippen LogP contribution in [0.4, 0.5) is 5.82 Å². The number of anilines is 1. The number of aliphatic hydroxyl groups is 1.